The topological polar surface area (TPSA) is 108 Å². The van der Waals surface area contributed by atoms with Crippen LogP contribution >= 0.6 is 0 Å². The SMILES string of the molecule is COCCOc1ccc(S(=O)(=O)Nc2c(F)ccc([N+](=O)[O-])c2C)cc1. The maximum atomic E-state index is 14.0. The van der Waals surface area contributed by atoms with E-state index >= 15 is 0 Å². The molecular weight excluding hydrogens is 367 g/mol. The maximum absolute atomic E-state index is 14.0. The standard InChI is InChI=1S/C16H17FN2O6S/c1-11-15(19(20)21)8-7-14(17)16(11)18-26(22,23)13-5-3-12(4-6-13)25-10-9-24-2/h3-8,18H,9-10H2,1-2H3. The monoisotopic (exact) mass is 384 g/mol. The molecule has 0 bridgehead atoms. The Morgan fingerprint density at radius 1 is 1.15 bits per heavy atom. The molecule has 0 saturated carbocycles. The molecule has 10 heteroatoms. The number of nitrogens with one attached hydrogen (secondary N) is 1. The fourth-order valence-corrected chi connectivity index (χ4v) is 3.27. The zero-order valence-corrected chi connectivity index (χ0v) is 14.9. The number of rotatable bonds is 8. The van der Waals surface area contributed by atoms with Crippen molar-refractivity contribution in [1.29, 1.82) is 0 Å². The van der Waals surface area contributed by atoms with Gasteiger partial charge in [-0.05, 0) is 37.3 Å². The molecular formula is C16H17FN2O6S. The van der Waals surface area contributed by atoms with Gasteiger partial charge in [-0.3, -0.25) is 14.8 Å². The van der Waals surface area contributed by atoms with Crippen LogP contribution in [0.25, 0.3) is 0 Å². The lowest BCUT2D eigenvalue weighted by molar-refractivity contribution is -0.385. The third kappa shape index (κ3) is 4.46. The van der Waals surface area contributed by atoms with E-state index in [-0.39, 0.29) is 16.1 Å². The van der Waals surface area contributed by atoms with E-state index in [0.29, 0.717) is 19.0 Å². The first-order valence-electron chi connectivity index (χ1n) is 7.44. The summed E-state index contributed by atoms with van der Waals surface area (Å²) in [5.74, 6) is -0.463. The van der Waals surface area contributed by atoms with E-state index in [9.17, 15) is 22.9 Å². The summed E-state index contributed by atoms with van der Waals surface area (Å²) in [6, 6.07) is 7.29. The fourth-order valence-electron chi connectivity index (χ4n) is 2.14. The van der Waals surface area contributed by atoms with Crippen molar-refractivity contribution in [1.82, 2.24) is 0 Å². The van der Waals surface area contributed by atoms with Crippen molar-refractivity contribution in [2.75, 3.05) is 25.0 Å². The molecule has 1 N–H and O–H groups in total. The Labute approximate surface area is 149 Å². The minimum Gasteiger partial charge on any atom is -0.491 e. The Kier molecular flexibility index (Phi) is 6.11. The van der Waals surface area contributed by atoms with Crippen molar-refractivity contribution >= 4 is 21.4 Å². The zero-order valence-electron chi connectivity index (χ0n) is 14.1. The van der Waals surface area contributed by atoms with Gasteiger partial charge in [0, 0.05) is 13.2 Å². The van der Waals surface area contributed by atoms with Gasteiger partial charge in [-0.25, -0.2) is 12.8 Å². The van der Waals surface area contributed by atoms with E-state index in [1.54, 1.807) is 0 Å². The number of nitrogens with zero attached hydrogens (tertiary/aromatic N) is 1. The van der Waals surface area contributed by atoms with Crippen LogP contribution in [0.3, 0.4) is 0 Å². The highest BCUT2D eigenvalue weighted by Gasteiger charge is 2.22. The summed E-state index contributed by atoms with van der Waals surface area (Å²) < 4.78 is 51.1. The van der Waals surface area contributed by atoms with Crippen molar-refractivity contribution in [2.24, 2.45) is 0 Å². The number of sulfonamides is 1. The number of benzene rings is 2. The molecule has 0 unspecified atom stereocenters. The molecule has 26 heavy (non-hydrogen) atoms. The van der Waals surface area contributed by atoms with Crippen LogP contribution in [0.2, 0.25) is 0 Å². The summed E-state index contributed by atoms with van der Waals surface area (Å²) in [6.45, 7) is 1.96. The zero-order chi connectivity index (χ0) is 19.3. The highest BCUT2D eigenvalue weighted by molar-refractivity contribution is 7.92. The van der Waals surface area contributed by atoms with Crippen LogP contribution in [0.4, 0.5) is 15.8 Å². The molecule has 0 atom stereocenters. The summed E-state index contributed by atoms with van der Waals surface area (Å²) in [5, 5.41) is 10.9. The van der Waals surface area contributed by atoms with E-state index in [0.717, 1.165) is 12.1 Å². The number of halogens is 1. The minimum absolute atomic E-state index is 0.113. The van der Waals surface area contributed by atoms with E-state index in [4.69, 9.17) is 9.47 Å². The largest absolute Gasteiger partial charge is 0.491 e. The molecule has 0 aliphatic heterocycles. The normalized spacial score (nSPS) is 11.2. The van der Waals surface area contributed by atoms with Gasteiger partial charge in [-0.1, -0.05) is 0 Å². The van der Waals surface area contributed by atoms with Gasteiger partial charge < -0.3 is 9.47 Å². The van der Waals surface area contributed by atoms with E-state index in [1.165, 1.54) is 38.3 Å². The predicted octanol–water partition coefficient (Wildman–Crippen LogP) is 2.87. The van der Waals surface area contributed by atoms with Crippen LogP contribution in [0.15, 0.2) is 41.3 Å². The van der Waals surface area contributed by atoms with Crippen LogP contribution in [0, 0.1) is 22.9 Å². The number of nitro benzene ring substituents is 1. The van der Waals surface area contributed by atoms with Crippen LogP contribution in [-0.4, -0.2) is 33.7 Å². The predicted molar refractivity (Wildman–Crippen MR) is 92.4 cm³/mol. The molecule has 0 heterocycles. The Morgan fingerprint density at radius 2 is 1.81 bits per heavy atom. The molecule has 0 aromatic heterocycles. The molecule has 0 spiro atoms. The number of nitro groups is 1. The van der Waals surface area contributed by atoms with Crippen LogP contribution in [-0.2, 0) is 14.8 Å². The number of hydrogen-bond donors (Lipinski definition) is 1. The summed E-state index contributed by atoms with van der Waals surface area (Å²) in [4.78, 5) is 10.1. The number of methoxy groups -OCH3 is 1. The Bertz CT molecular complexity index is 900. The fraction of sp³-hybridized carbons (Fsp3) is 0.250. The third-order valence-electron chi connectivity index (χ3n) is 3.51. The summed E-state index contributed by atoms with van der Waals surface area (Å²) >= 11 is 0. The number of hydrogen-bond acceptors (Lipinski definition) is 6. The second kappa shape index (κ2) is 8.11. The van der Waals surface area contributed by atoms with Crippen molar-refractivity contribution in [2.45, 2.75) is 11.8 Å². The van der Waals surface area contributed by atoms with Crippen molar-refractivity contribution < 1.29 is 27.2 Å². The van der Waals surface area contributed by atoms with E-state index in [1.807, 2.05) is 0 Å². The van der Waals surface area contributed by atoms with E-state index < -0.39 is 26.5 Å². The third-order valence-corrected chi connectivity index (χ3v) is 4.87. The molecule has 0 aliphatic carbocycles. The van der Waals surface area contributed by atoms with E-state index in [2.05, 4.69) is 4.72 Å². The Balaban J connectivity index is 2.26. The van der Waals surface area contributed by atoms with Crippen molar-refractivity contribution in [3.05, 3.63) is 57.9 Å². The summed E-state index contributed by atoms with van der Waals surface area (Å²) in [7, 11) is -2.61. The molecule has 0 amide bonds. The van der Waals surface area contributed by atoms with Crippen molar-refractivity contribution in [3.63, 3.8) is 0 Å². The highest BCUT2D eigenvalue weighted by atomic mass is 32.2. The number of anilines is 1. The van der Waals surface area contributed by atoms with Gasteiger partial charge in [0.25, 0.3) is 15.7 Å². The van der Waals surface area contributed by atoms with Crippen LogP contribution in [0.5, 0.6) is 5.75 Å². The summed E-state index contributed by atoms with van der Waals surface area (Å²) in [6.07, 6.45) is 0. The highest BCUT2D eigenvalue weighted by Crippen LogP contribution is 2.30. The second-order valence-corrected chi connectivity index (χ2v) is 6.92. The Hall–Kier alpha value is -2.72. The second-order valence-electron chi connectivity index (χ2n) is 5.24. The molecule has 0 fully saturated rings. The average Bonchev–Trinajstić information content (AvgIpc) is 2.59. The molecule has 2 aromatic carbocycles. The molecule has 140 valence electrons. The average molecular weight is 384 g/mol. The molecule has 0 radical (unpaired) electrons. The van der Waals surface area contributed by atoms with Gasteiger partial charge in [-0.15, -0.1) is 0 Å². The quantitative estimate of drug-likeness (QED) is 0.426. The Morgan fingerprint density at radius 3 is 2.38 bits per heavy atom. The molecule has 0 aliphatic rings. The van der Waals surface area contributed by atoms with Crippen molar-refractivity contribution in [3.8, 4) is 5.75 Å². The molecule has 0 saturated heterocycles. The van der Waals surface area contributed by atoms with Gasteiger partial charge in [0.2, 0.25) is 0 Å². The first-order valence-corrected chi connectivity index (χ1v) is 8.92. The lowest BCUT2D eigenvalue weighted by atomic mass is 10.1. The first-order chi connectivity index (χ1) is 12.3. The lowest BCUT2D eigenvalue weighted by Gasteiger charge is -2.12. The van der Waals surface area contributed by atoms with Gasteiger partial charge >= 0.3 is 0 Å². The maximum Gasteiger partial charge on any atom is 0.274 e. The van der Waals surface area contributed by atoms with Gasteiger partial charge in [0.15, 0.2) is 0 Å². The van der Waals surface area contributed by atoms with Gasteiger partial charge in [-0.2, -0.15) is 0 Å². The molecule has 2 aromatic rings. The minimum atomic E-state index is -4.14. The van der Waals surface area contributed by atoms with Gasteiger partial charge in [0.05, 0.1) is 27.7 Å². The molecule has 2 rings (SSSR count). The lowest BCUT2D eigenvalue weighted by Crippen LogP contribution is -2.15. The summed E-state index contributed by atoms with van der Waals surface area (Å²) in [5.41, 5.74) is -0.955. The number of ether oxygens (including phenoxy) is 2. The van der Waals surface area contributed by atoms with Crippen LogP contribution < -0.4 is 9.46 Å². The van der Waals surface area contributed by atoms with Crippen LogP contribution in [0.1, 0.15) is 5.56 Å². The first kappa shape index (κ1) is 19.6. The van der Waals surface area contributed by atoms with Gasteiger partial charge in [0.1, 0.15) is 18.2 Å². The smallest absolute Gasteiger partial charge is 0.274 e. The molecule has 8 nitrogen and oxygen atoms in total.